The van der Waals surface area contributed by atoms with Crippen molar-refractivity contribution >= 4 is 10.0 Å². The molecule has 1 aromatic rings. The number of aromatic nitrogens is 2. The van der Waals surface area contributed by atoms with Gasteiger partial charge >= 0.3 is 0 Å². The summed E-state index contributed by atoms with van der Waals surface area (Å²) in [7, 11) is -3.15. The number of rotatable bonds is 8. The van der Waals surface area contributed by atoms with Gasteiger partial charge in [0.15, 0.2) is 0 Å². The molecule has 114 valence electrons. The third-order valence-corrected chi connectivity index (χ3v) is 5.04. The molecule has 2 rings (SSSR count). The van der Waals surface area contributed by atoms with Crippen LogP contribution in [-0.4, -0.2) is 42.9 Å². The summed E-state index contributed by atoms with van der Waals surface area (Å²) in [4.78, 5) is 3.97. The lowest BCUT2D eigenvalue weighted by Crippen LogP contribution is -2.42. The van der Waals surface area contributed by atoms with Crippen LogP contribution in [0, 0.1) is 0 Å². The van der Waals surface area contributed by atoms with Gasteiger partial charge in [-0.25, -0.2) is 18.1 Å². The molecular formula is C13H24N4O2S. The zero-order valence-electron chi connectivity index (χ0n) is 11.8. The molecule has 0 aliphatic carbocycles. The van der Waals surface area contributed by atoms with Crippen LogP contribution in [0.5, 0.6) is 0 Å². The maximum Gasteiger partial charge on any atom is 0.213 e. The third-order valence-electron chi connectivity index (χ3n) is 3.56. The zero-order chi connectivity index (χ0) is 14.3. The van der Waals surface area contributed by atoms with E-state index in [2.05, 4.69) is 15.0 Å². The predicted molar refractivity (Wildman–Crippen MR) is 78.9 cm³/mol. The second-order valence-corrected chi connectivity index (χ2v) is 7.18. The van der Waals surface area contributed by atoms with Crippen molar-refractivity contribution in [3.8, 4) is 0 Å². The minimum Gasteiger partial charge on any atom is -0.337 e. The summed E-state index contributed by atoms with van der Waals surface area (Å²) in [5.41, 5.74) is 0. The van der Waals surface area contributed by atoms with Gasteiger partial charge in [-0.1, -0.05) is 6.42 Å². The van der Waals surface area contributed by atoms with Crippen molar-refractivity contribution < 1.29 is 8.42 Å². The van der Waals surface area contributed by atoms with Crippen molar-refractivity contribution in [2.45, 2.75) is 44.7 Å². The van der Waals surface area contributed by atoms with E-state index in [-0.39, 0.29) is 11.8 Å². The number of hydrogen-bond acceptors (Lipinski definition) is 4. The Labute approximate surface area is 121 Å². The highest BCUT2D eigenvalue weighted by atomic mass is 32.2. The fraction of sp³-hybridized carbons (Fsp3) is 0.769. The van der Waals surface area contributed by atoms with E-state index in [1.165, 1.54) is 0 Å². The molecule has 7 heteroatoms. The number of nitrogens with zero attached hydrogens (tertiary/aromatic N) is 2. The van der Waals surface area contributed by atoms with Gasteiger partial charge in [0.05, 0.1) is 12.1 Å². The van der Waals surface area contributed by atoms with Crippen molar-refractivity contribution in [2.24, 2.45) is 0 Å². The van der Waals surface area contributed by atoms with E-state index >= 15 is 0 Å². The first-order valence-electron chi connectivity index (χ1n) is 7.32. The number of unbranched alkanes of at least 4 members (excludes halogenated alkanes) is 1. The monoisotopic (exact) mass is 300 g/mol. The van der Waals surface area contributed by atoms with Crippen LogP contribution in [-0.2, 0) is 16.6 Å². The van der Waals surface area contributed by atoms with E-state index in [0.717, 1.165) is 45.2 Å². The topological polar surface area (TPSA) is 76.0 Å². The summed E-state index contributed by atoms with van der Waals surface area (Å²) >= 11 is 0. The smallest absolute Gasteiger partial charge is 0.213 e. The first kappa shape index (κ1) is 15.5. The molecule has 0 radical (unpaired) electrons. The second-order valence-electron chi connectivity index (χ2n) is 5.33. The molecule has 0 bridgehead atoms. The van der Waals surface area contributed by atoms with Gasteiger partial charge in [-0.15, -0.1) is 0 Å². The quantitative estimate of drug-likeness (QED) is 0.694. The summed E-state index contributed by atoms with van der Waals surface area (Å²) in [5, 5.41) is 3.27. The molecule has 1 unspecified atom stereocenters. The van der Waals surface area contributed by atoms with Crippen LogP contribution in [0.25, 0.3) is 0 Å². The first-order chi connectivity index (χ1) is 9.66. The number of imidazole rings is 1. The van der Waals surface area contributed by atoms with Crippen LogP contribution in [0.1, 0.15) is 32.1 Å². The standard InChI is InChI=1S/C13H24N4O2S/c18-20(19,11-13-5-1-2-6-15-13)16-7-3-4-9-17-10-8-14-12-17/h8,10,12-13,15-16H,1-7,9,11H2. The van der Waals surface area contributed by atoms with Crippen molar-refractivity contribution in [3.63, 3.8) is 0 Å². The number of sulfonamides is 1. The molecule has 0 spiro atoms. The maximum atomic E-state index is 11.9. The molecule has 1 aliphatic heterocycles. The van der Waals surface area contributed by atoms with E-state index in [1.54, 1.807) is 12.5 Å². The van der Waals surface area contributed by atoms with Crippen LogP contribution in [0.15, 0.2) is 18.7 Å². The van der Waals surface area contributed by atoms with Crippen LogP contribution < -0.4 is 10.0 Å². The van der Waals surface area contributed by atoms with E-state index in [1.807, 2.05) is 10.8 Å². The molecule has 0 aromatic carbocycles. The summed E-state index contributed by atoms with van der Waals surface area (Å²) in [6, 6.07) is 0.118. The highest BCUT2D eigenvalue weighted by molar-refractivity contribution is 7.89. The minimum atomic E-state index is -3.15. The fourth-order valence-corrected chi connectivity index (χ4v) is 3.84. The molecule has 1 aliphatic rings. The third kappa shape index (κ3) is 5.60. The van der Waals surface area contributed by atoms with E-state index in [0.29, 0.717) is 6.54 Å². The molecule has 0 amide bonds. The number of aryl methyl sites for hydroxylation is 1. The van der Waals surface area contributed by atoms with Crippen molar-refractivity contribution in [1.29, 1.82) is 0 Å². The Kier molecular flexibility index (Phi) is 6.00. The normalized spacial score (nSPS) is 20.1. The van der Waals surface area contributed by atoms with Gasteiger partial charge < -0.3 is 9.88 Å². The van der Waals surface area contributed by atoms with Gasteiger partial charge in [-0.05, 0) is 32.2 Å². The number of nitrogens with one attached hydrogen (secondary N) is 2. The molecule has 1 fully saturated rings. The molecule has 1 atom stereocenters. The Hall–Kier alpha value is -0.920. The Morgan fingerprint density at radius 3 is 2.95 bits per heavy atom. The Bertz CT molecular complexity index is 467. The van der Waals surface area contributed by atoms with Crippen molar-refractivity contribution in [3.05, 3.63) is 18.7 Å². The Morgan fingerprint density at radius 2 is 2.25 bits per heavy atom. The SMILES string of the molecule is O=S(=O)(CC1CCCCN1)NCCCCn1ccnc1. The number of piperidine rings is 1. The van der Waals surface area contributed by atoms with E-state index in [9.17, 15) is 8.42 Å². The molecule has 6 nitrogen and oxygen atoms in total. The summed E-state index contributed by atoms with van der Waals surface area (Å²) in [6.45, 7) is 2.33. The van der Waals surface area contributed by atoms with Crippen LogP contribution in [0.2, 0.25) is 0 Å². The van der Waals surface area contributed by atoms with Gasteiger partial charge in [-0.3, -0.25) is 0 Å². The summed E-state index contributed by atoms with van der Waals surface area (Å²) < 4.78 is 28.5. The van der Waals surface area contributed by atoms with Gasteiger partial charge in [-0.2, -0.15) is 0 Å². The van der Waals surface area contributed by atoms with E-state index in [4.69, 9.17) is 0 Å². The van der Waals surface area contributed by atoms with Gasteiger partial charge in [0, 0.05) is 31.5 Å². The number of hydrogen-bond donors (Lipinski definition) is 2. The highest BCUT2D eigenvalue weighted by Crippen LogP contribution is 2.08. The first-order valence-corrected chi connectivity index (χ1v) is 8.97. The average Bonchev–Trinajstić information content (AvgIpc) is 2.92. The molecule has 20 heavy (non-hydrogen) atoms. The Balaban J connectivity index is 1.59. The van der Waals surface area contributed by atoms with Crippen molar-refractivity contribution in [1.82, 2.24) is 19.6 Å². The summed E-state index contributed by atoms with van der Waals surface area (Å²) in [6.07, 6.45) is 10.5. The van der Waals surface area contributed by atoms with Gasteiger partial charge in [0.2, 0.25) is 10.0 Å². The molecule has 0 saturated carbocycles. The largest absolute Gasteiger partial charge is 0.337 e. The van der Waals surface area contributed by atoms with Gasteiger partial charge in [0.1, 0.15) is 0 Å². The Morgan fingerprint density at radius 1 is 1.35 bits per heavy atom. The molecular weight excluding hydrogens is 276 g/mol. The summed E-state index contributed by atoms with van der Waals surface area (Å²) in [5.74, 6) is 0.203. The lowest BCUT2D eigenvalue weighted by Gasteiger charge is -2.23. The molecule has 1 aromatic heterocycles. The van der Waals surface area contributed by atoms with Gasteiger partial charge in [0.25, 0.3) is 0 Å². The lowest BCUT2D eigenvalue weighted by molar-refractivity contribution is 0.422. The maximum absolute atomic E-state index is 11.9. The second kappa shape index (κ2) is 7.75. The zero-order valence-corrected chi connectivity index (χ0v) is 12.6. The lowest BCUT2D eigenvalue weighted by atomic mass is 10.1. The van der Waals surface area contributed by atoms with Crippen LogP contribution >= 0.6 is 0 Å². The average molecular weight is 300 g/mol. The van der Waals surface area contributed by atoms with Crippen LogP contribution in [0.4, 0.5) is 0 Å². The van der Waals surface area contributed by atoms with E-state index < -0.39 is 10.0 Å². The predicted octanol–water partition coefficient (Wildman–Crippen LogP) is 0.725. The highest BCUT2D eigenvalue weighted by Gasteiger charge is 2.20. The van der Waals surface area contributed by atoms with Crippen molar-refractivity contribution in [2.75, 3.05) is 18.8 Å². The molecule has 2 N–H and O–H groups in total. The molecule has 1 saturated heterocycles. The van der Waals surface area contributed by atoms with Crippen LogP contribution in [0.3, 0.4) is 0 Å². The fourth-order valence-electron chi connectivity index (χ4n) is 2.46. The molecule has 2 heterocycles. The minimum absolute atomic E-state index is 0.118.